The predicted molar refractivity (Wildman–Crippen MR) is 127 cm³/mol. The normalized spacial score (nSPS) is 12.1. The van der Waals surface area contributed by atoms with Gasteiger partial charge >= 0.3 is 0 Å². The van der Waals surface area contributed by atoms with Gasteiger partial charge in [0.25, 0.3) is 0 Å². The summed E-state index contributed by atoms with van der Waals surface area (Å²) in [5.41, 5.74) is 2.50. The molecule has 0 spiro atoms. The third kappa shape index (κ3) is 9.71. The molecule has 2 aromatic carbocycles. The van der Waals surface area contributed by atoms with Crippen molar-refractivity contribution in [1.82, 2.24) is 0 Å². The Morgan fingerprint density at radius 1 is 0.700 bits per heavy atom. The van der Waals surface area contributed by atoms with E-state index in [1.54, 1.807) is 0 Å². The molecule has 1 N–H and O–H groups in total. The molecule has 0 bridgehead atoms. The first kappa shape index (κ1) is 24.3. The van der Waals surface area contributed by atoms with Crippen molar-refractivity contribution in [3.05, 3.63) is 71.3 Å². The van der Waals surface area contributed by atoms with Crippen LogP contribution in [0, 0.1) is 0 Å². The van der Waals surface area contributed by atoms with Gasteiger partial charge in [0, 0.05) is 11.1 Å². The fourth-order valence-corrected chi connectivity index (χ4v) is 3.97. The number of hydrogen-bond acceptors (Lipinski definition) is 2. The van der Waals surface area contributed by atoms with Gasteiger partial charge < -0.3 is 5.11 Å². The average molecular weight is 409 g/mol. The summed E-state index contributed by atoms with van der Waals surface area (Å²) in [5.74, 6) is 0.0451. The van der Waals surface area contributed by atoms with Crippen LogP contribution >= 0.6 is 0 Å². The molecule has 2 nitrogen and oxygen atoms in total. The van der Waals surface area contributed by atoms with Crippen LogP contribution in [0.15, 0.2) is 54.6 Å². The van der Waals surface area contributed by atoms with Gasteiger partial charge in [-0.1, -0.05) is 132 Å². The van der Waals surface area contributed by atoms with Crippen LogP contribution < -0.4 is 0 Å². The van der Waals surface area contributed by atoms with Crippen molar-refractivity contribution in [1.29, 1.82) is 0 Å². The van der Waals surface area contributed by atoms with Crippen LogP contribution in [-0.2, 0) is 6.42 Å². The lowest BCUT2D eigenvalue weighted by Crippen LogP contribution is -2.10. The smallest absolute Gasteiger partial charge is 0.193 e. The summed E-state index contributed by atoms with van der Waals surface area (Å²) >= 11 is 0. The molecule has 0 saturated heterocycles. The fourth-order valence-electron chi connectivity index (χ4n) is 3.97. The standard InChI is InChI=1S/C28H40O2/c1-2-3-4-5-6-7-8-9-10-11-15-18-27(29)23-24-19-21-26(22-20-24)28(30)25-16-13-12-14-17-25/h12-14,16-17,19-22,27,29H,2-11,15,18,23H2,1H3. The van der Waals surface area contributed by atoms with E-state index < -0.39 is 0 Å². The number of unbranched alkanes of at least 4 members (excludes halogenated alkanes) is 10. The van der Waals surface area contributed by atoms with Crippen molar-refractivity contribution in [2.75, 3.05) is 0 Å². The van der Waals surface area contributed by atoms with Crippen LogP contribution in [0.5, 0.6) is 0 Å². The van der Waals surface area contributed by atoms with Crippen LogP contribution in [0.3, 0.4) is 0 Å². The molecular formula is C28H40O2. The molecule has 1 atom stereocenters. The third-order valence-electron chi connectivity index (χ3n) is 5.86. The largest absolute Gasteiger partial charge is 0.393 e. The maximum atomic E-state index is 12.5. The molecule has 0 radical (unpaired) electrons. The van der Waals surface area contributed by atoms with Crippen molar-refractivity contribution in [2.45, 2.75) is 96.5 Å². The summed E-state index contributed by atoms with van der Waals surface area (Å²) in [4.78, 5) is 12.5. The second kappa shape index (κ2) is 15.0. The molecule has 0 saturated carbocycles. The number of benzene rings is 2. The highest BCUT2D eigenvalue weighted by atomic mass is 16.3. The Morgan fingerprint density at radius 2 is 1.20 bits per heavy atom. The zero-order valence-electron chi connectivity index (χ0n) is 18.8. The highest BCUT2D eigenvalue weighted by Gasteiger charge is 2.10. The number of rotatable bonds is 16. The minimum atomic E-state index is -0.292. The van der Waals surface area contributed by atoms with Crippen molar-refractivity contribution in [3.63, 3.8) is 0 Å². The summed E-state index contributed by atoms with van der Waals surface area (Å²) in [7, 11) is 0. The van der Waals surface area contributed by atoms with Crippen LogP contribution in [0.1, 0.15) is 105 Å². The van der Waals surface area contributed by atoms with Crippen molar-refractivity contribution in [2.24, 2.45) is 0 Å². The Kier molecular flexibility index (Phi) is 12.1. The second-order valence-corrected chi connectivity index (χ2v) is 8.57. The van der Waals surface area contributed by atoms with Gasteiger partial charge in [-0.2, -0.15) is 0 Å². The average Bonchev–Trinajstić information content (AvgIpc) is 2.78. The molecule has 1 unspecified atom stereocenters. The molecule has 0 fully saturated rings. The lowest BCUT2D eigenvalue weighted by molar-refractivity contribution is 0.103. The van der Waals surface area contributed by atoms with Gasteiger partial charge in [-0.25, -0.2) is 0 Å². The van der Waals surface area contributed by atoms with Crippen molar-refractivity contribution in [3.8, 4) is 0 Å². The van der Waals surface area contributed by atoms with Gasteiger partial charge in [-0.05, 0) is 18.4 Å². The minimum absolute atomic E-state index is 0.0451. The maximum absolute atomic E-state index is 12.5. The van der Waals surface area contributed by atoms with E-state index in [0.29, 0.717) is 17.5 Å². The van der Waals surface area contributed by atoms with E-state index in [9.17, 15) is 9.90 Å². The van der Waals surface area contributed by atoms with E-state index >= 15 is 0 Å². The summed E-state index contributed by atoms with van der Waals surface area (Å²) in [5, 5.41) is 10.3. The van der Waals surface area contributed by atoms with E-state index in [2.05, 4.69) is 6.92 Å². The number of aliphatic hydroxyl groups is 1. The molecule has 0 aliphatic carbocycles. The zero-order chi connectivity index (χ0) is 21.4. The molecule has 164 valence electrons. The number of hydrogen-bond donors (Lipinski definition) is 1. The van der Waals surface area contributed by atoms with E-state index in [-0.39, 0.29) is 11.9 Å². The van der Waals surface area contributed by atoms with Crippen molar-refractivity contribution < 1.29 is 9.90 Å². The van der Waals surface area contributed by atoms with Crippen LogP contribution in [-0.4, -0.2) is 17.0 Å². The Hall–Kier alpha value is -1.93. The second-order valence-electron chi connectivity index (χ2n) is 8.57. The summed E-state index contributed by atoms with van der Waals surface area (Å²) in [6.07, 6.45) is 15.8. The number of ketones is 1. The molecule has 0 aliphatic heterocycles. The lowest BCUT2D eigenvalue weighted by atomic mass is 9.98. The first-order valence-electron chi connectivity index (χ1n) is 12.1. The monoisotopic (exact) mass is 408 g/mol. The quantitative estimate of drug-likeness (QED) is 0.230. The number of aliphatic hydroxyl groups excluding tert-OH is 1. The van der Waals surface area contributed by atoms with Crippen LogP contribution in [0.2, 0.25) is 0 Å². The Morgan fingerprint density at radius 3 is 1.77 bits per heavy atom. The molecular weight excluding hydrogens is 368 g/mol. The Balaban J connectivity index is 1.56. The minimum Gasteiger partial charge on any atom is -0.393 e. The molecule has 0 amide bonds. The molecule has 0 aromatic heterocycles. The van der Waals surface area contributed by atoms with Gasteiger partial charge in [0.2, 0.25) is 0 Å². The summed E-state index contributed by atoms with van der Waals surface area (Å²) in [6, 6.07) is 17.1. The fraction of sp³-hybridized carbons (Fsp3) is 0.536. The Bertz CT molecular complexity index is 690. The van der Waals surface area contributed by atoms with E-state index in [0.717, 1.165) is 18.4 Å². The number of carbonyl (C=O) groups excluding carboxylic acids is 1. The predicted octanol–water partition coefficient (Wildman–Crippen LogP) is 7.52. The van der Waals surface area contributed by atoms with E-state index in [4.69, 9.17) is 0 Å². The van der Waals surface area contributed by atoms with Gasteiger partial charge in [-0.15, -0.1) is 0 Å². The van der Waals surface area contributed by atoms with E-state index in [1.165, 1.54) is 64.2 Å². The van der Waals surface area contributed by atoms with Gasteiger partial charge in [0.15, 0.2) is 5.78 Å². The topological polar surface area (TPSA) is 37.3 Å². The van der Waals surface area contributed by atoms with Gasteiger partial charge in [-0.3, -0.25) is 4.79 Å². The van der Waals surface area contributed by atoms with Crippen molar-refractivity contribution >= 4 is 5.78 Å². The zero-order valence-corrected chi connectivity index (χ0v) is 18.8. The first-order valence-corrected chi connectivity index (χ1v) is 12.1. The van der Waals surface area contributed by atoms with Gasteiger partial charge in [0.1, 0.15) is 0 Å². The van der Waals surface area contributed by atoms with Gasteiger partial charge in [0.05, 0.1) is 6.10 Å². The Labute approximate surface area is 183 Å². The summed E-state index contributed by atoms with van der Waals surface area (Å²) < 4.78 is 0. The van der Waals surface area contributed by atoms with Crippen LogP contribution in [0.25, 0.3) is 0 Å². The maximum Gasteiger partial charge on any atom is 0.193 e. The molecule has 0 aliphatic rings. The first-order chi connectivity index (χ1) is 14.7. The molecule has 2 aromatic rings. The molecule has 2 heteroatoms. The summed E-state index contributed by atoms with van der Waals surface area (Å²) in [6.45, 7) is 2.27. The molecule has 2 rings (SSSR count). The SMILES string of the molecule is CCCCCCCCCCCCCC(O)Cc1ccc(C(=O)c2ccccc2)cc1. The molecule has 0 heterocycles. The van der Waals surface area contributed by atoms with E-state index in [1.807, 2.05) is 54.6 Å². The highest BCUT2D eigenvalue weighted by Crippen LogP contribution is 2.16. The van der Waals surface area contributed by atoms with Crippen LogP contribution in [0.4, 0.5) is 0 Å². The molecule has 30 heavy (non-hydrogen) atoms. The highest BCUT2D eigenvalue weighted by molar-refractivity contribution is 6.08. The number of carbonyl (C=O) groups is 1. The lowest BCUT2D eigenvalue weighted by Gasteiger charge is -2.11. The third-order valence-corrected chi connectivity index (χ3v) is 5.86.